The van der Waals surface area contributed by atoms with Crippen molar-refractivity contribution in [2.24, 2.45) is 11.8 Å². The van der Waals surface area contributed by atoms with Crippen molar-refractivity contribution in [2.45, 2.75) is 31.7 Å². The first-order chi connectivity index (χ1) is 9.06. The average molecular weight is 264 g/mol. The van der Waals surface area contributed by atoms with Crippen LogP contribution < -0.4 is 11.1 Å². The van der Waals surface area contributed by atoms with E-state index in [9.17, 15) is 9.18 Å². The van der Waals surface area contributed by atoms with Crippen LogP contribution in [0.3, 0.4) is 0 Å². The van der Waals surface area contributed by atoms with E-state index in [1.165, 1.54) is 31.7 Å². The number of nitrogen functional groups attached to an aromatic ring is 1. The van der Waals surface area contributed by atoms with Crippen molar-refractivity contribution >= 4 is 17.3 Å². The Labute approximate surface area is 110 Å². The number of carbonyl (C=O) groups is 1. The molecule has 4 nitrogen and oxygen atoms in total. The maximum Gasteiger partial charge on any atom is 0.337 e. The van der Waals surface area contributed by atoms with Crippen molar-refractivity contribution in [2.75, 3.05) is 11.1 Å². The third-order valence-corrected chi connectivity index (χ3v) is 3.95. The van der Waals surface area contributed by atoms with Gasteiger partial charge in [-0.2, -0.15) is 0 Å². The standard InChI is InChI=1S/C14H17FN2O2/c15-10-6-11(16)9(14(18)19)5-12(10)17-13(7-1-2-7)8-3-4-8/h5-8,13,17H,1-4,16H2,(H,18,19). The molecule has 2 aliphatic rings. The van der Waals surface area contributed by atoms with Gasteiger partial charge in [0.1, 0.15) is 5.82 Å². The van der Waals surface area contributed by atoms with Crippen LogP contribution in [0.25, 0.3) is 0 Å². The molecule has 0 aromatic heterocycles. The van der Waals surface area contributed by atoms with E-state index in [0.29, 0.717) is 11.8 Å². The minimum Gasteiger partial charge on any atom is -0.478 e. The van der Waals surface area contributed by atoms with E-state index in [-0.39, 0.29) is 23.0 Å². The molecule has 0 aliphatic heterocycles. The Balaban J connectivity index is 1.86. The molecule has 1 aromatic rings. The largest absolute Gasteiger partial charge is 0.478 e. The first-order valence-electron chi connectivity index (χ1n) is 6.65. The summed E-state index contributed by atoms with van der Waals surface area (Å²) in [6.07, 6.45) is 4.71. The van der Waals surface area contributed by atoms with Gasteiger partial charge in [0.15, 0.2) is 0 Å². The smallest absolute Gasteiger partial charge is 0.337 e. The summed E-state index contributed by atoms with van der Waals surface area (Å²) in [4.78, 5) is 11.0. The third kappa shape index (κ3) is 2.50. The summed E-state index contributed by atoms with van der Waals surface area (Å²) >= 11 is 0. The number of carboxylic acids is 1. The number of aromatic carboxylic acids is 1. The van der Waals surface area contributed by atoms with Crippen LogP contribution in [0.15, 0.2) is 12.1 Å². The minimum absolute atomic E-state index is 0.0371. The molecule has 3 rings (SSSR count). The Kier molecular flexibility index (Phi) is 2.84. The summed E-state index contributed by atoms with van der Waals surface area (Å²) in [5.74, 6) is -0.390. The lowest BCUT2D eigenvalue weighted by atomic mass is 10.1. The lowest BCUT2D eigenvalue weighted by Gasteiger charge is -2.20. The van der Waals surface area contributed by atoms with Crippen LogP contribution in [0.2, 0.25) is 0 Å². The first kappa shape index (κ1) is 12.3. The second-order valence-electron chi connectivity index (χ2n) is 5.57. The van der Waals surface area contributed by atoms with E-state index in [0.717, 1.165) is 6.07 Å². The molecule has 102 valence electrons. The van der Waals surface area contributed by atoms with Gasteiger partial charge in [0.05, 0.1) is 11.3 Å². The van der Waals surface area contributed by atoms with Gasteiger partial charge in [0, 0.05) is 11.7 Å². The normalized spacial score (nSPS) is 18.6. The first-order valence-corrected chi connectivity index (χ1v) is 6.65. The molecule has 2 fully saturated rings. The van der Waals surface area contributed by atoms with Gasteiger partial charge >= 0.3 is 5.97 Å². The van der Waals surface area contributed by atoms with E-state index >= 15 is 0 Å². The van der Waals surface area contributed by atoms with E-state index < -0.39 is 11.8 Å². The van der Waals surface area contributed by atoms with Crippen molar-refractivity contribution in [3.05, 3.63) is 23.5 Å². The van der Waals surface area contributed by atoms with Gasteiger partial charge in [-0.3, -0.25) is 0 Å². The van der Waals surface area contributed by atoms with Crippen LogP contribution in [-0.2, 0) is 0 Å². The topological polar surface area (TPSA) is 75.3 Å². The van der Waals surface area contributed by atoms with Gasteiger partial charge in [0.2, 0.25) is 0 Å². The summed E-state index contributed by atoms with van der Waals surface area (Å²) in [5, 5.41) is 12.2. The Morgan fingerprint density at radius 2 is 1.89 bits per heavy atom. The van der Waals surface area contributed by atoms with Gasteiger partial charge < -0.3 is 16.2 Å². The molecule has 0 heterocycles. The highest BCUT2D eigenvalue weighted by atomic mass is 19.1. The number of hydrogen-bond acceptors (Lipinski definition) is 3. The van der Waals surface area contributed by atoms with Crippen LogP contribution in [0, 0.1) is 17.7 Å². The molecule has 0 saturated heterocycles. The van der Waals surface area contributed by atoms with Crippen molar-refractivity contribution in [1.82, 2.24) is 0 Å². The molecule has 0 bridgehead atoms. The molecule has 4 N–H and O–H groups in total. The van der Waals surface area contributed by atoms with Gasteiger partial charge in [-0.05, 0) is 49.7 Å². The number of hydrogen-bond donors (Lipinski definition) is 3. The fourth-order valence-electron chi connectivity index (χ4n) is 2.60. The molecule has 5 heteroatoms. The number of rotatable bonds is 5. The summed E-state index contributed by atoms with van der Waals surface area (Å²) < 4.78 is 13.9. The number of carboxylic acid groups (broad SMARTS) is 1. The van der Waals surface area contributed by atoms with Gasteiger partial charge in [-0.1, -0.05) is 0 Å². The fraction of sp³-hybridized carbons (Fsp3) is 0.500. The summed E-state index contributed by atoms with van der Waals surface area (Å²) in [6.45, 7) is 0. The zero-order valence-corrected chi connectivity index (χ0v) is 10.5. The van der Waals surface area contributed by atoms with Crippen LogP contribution in [0.1, 0.15) is 36.0 Å². The molecule has 2 saturated carbocycles. The average Bonchev–Trinajstić information content (AvgIpc) is 3.21. The molecule has 2 aliphatic carbocycles. The summed E-state index contributed by atoms with van der Waals surface area (Å²) in [6, 6.07) is 2.67. The Morgan fingerprint density at radius 1 is 1.32 bits per heavy atom. The minimum atomic E-state index is -1.13. The van der Waals surface area contributed by atoms with Crippen molar-refractivity contribution in [3.63, 3.8) is 0 Å². The van der Waals surface area contributed by atoms with E-state index in [2.05, 4.69) is 5.32 Å². The van der Waals surface area contributed by atoms with Crippen LogP contribution >= 0.6 is 0 Å². The van der Waals surface area contributed by atoms with Crippen LogP contribution in [0.4, 0.5) is 15.8 Å². The lowest BCUT2D eigenvalue weighted by Crippen LogP contribution is -2.25. The molecule has 0 amide bonds. The van der Waals surface area contributed by atoms with Gasteiger partial charge in [-0.15, -0.1) is 0 Å². The van der Waals surface area contributed by atoms with Crippen LogP contribution in [0.5, 0.6) is 0 Å². The monoisotopic (exact) mass is 264 g/mol. The fourth-order valence-corrected chi connectivity index (χ4v) is 2.60. The Morgan fingerprint density at radius 3 is 2.37 bits per heavy atom. The second kappa shape index (κ2) is 4.40. The molecular formula is C14H17FN2O2. The van der Waals surface area contributed by atoms with Crippen molar-refractivity contribution in [1.29, 1.82) is 0 Å². The SMILES string of the molecule is Nc1cc(F)c(NC(C2CC2)C2CC2)cc1C(=O)O. The lowest BCUT2D eigenvalue weighted by molar-refractivity contribution is 0.0698. The Hall–Kier alpha value is -1.78. The zero-order valence-electron chi connectivity index (χ0n) is 10.5. The van der Waals surface area contributed by atoms with E-state index in [1.54, 1.807) is 0 Å². The second-order valence-corrected chi connectivity index (χ2v) is 5.57. The third-order valence-electron chi connectivity index (χ3n) is 3.95. The molecule has 0 unspecified atom stereocenters. The highest BCUT2D eigenvalue weighted by Crippen LogP contribution is 2.46. The number of benzene rings is 1. The highest BCUT2D eigenvalue weighted by molar-refractivity contribution is 5.94. The van der Waals surface area contributed by atoms with Gasteiger partial charge in [-0.25, -0.2) is 9.18 Å². The maximum atomic E-state index is 13.9. The number of anilines is 2. The van der Waals surface area contributed by atoms with E-state index in [4.69, 9.17) is 10.8 Å². The predicted octanol–water partition coefficient (Wildman–Crippen LogP) is 2.71. The maximum absolute atomic E-state index is 13.9. The molecule has 19 heavy (non-hydrogen) atoms. The van der Waals surface area contributed by atoms with Crippen molar-refractivity contribution < 1.29 is 14.3 Å². The predicted molar refractivity (Wildman–Crippen MR) is 70.6 cm³/mol. The van der Waals surface area contributed by atoms with E-state index in [1.807, 2.05) is 0 Å². The van der Waals surface area contributed by atoms with Crippen molar-refractivity contribution in [3.8, 4) is 0 Å². The quantitative estimate of drug-likeness (QED) is 0.715. The zero-order chi connectivity index (χ0) is 13.6. The van der Waals surface area contributed by atoms with Crippen LogP contribution in [-0.4, -0.2) is 17.1 Å². The number of nitrogens with two attached hydrogens (primary N) is 1. The molecular weight excluding hydrogens is 247 g/mol. The molecule has 0 radical (unpaired) electrons. The molecule has 0 atom stereocenters. The summed E-state index contributed by atoms with van der Waals surface area (Å²) in [7, 11) is 0. The summed E-state index contributed by atoms with van der Waals surface area (Å²) in [5.41, 5.74) is 5.69. The van der Waals surface area contributed by atoms with Gasteiger partial charge in [0.25, 0.3) is 0 Å². The number of halogens is 1. The molecule has 0 spiro atoms. The Bertz CT molecular complexity index is 512. The number of nitrogens with one attached hydrogen (secondary N) is 1. The highest BCUT2D eigenvalue weighted by Gasteiger charge is 2.41. The molecule has 1 aromatic carbocycles.